The number of rotatable bonds is 3. The van der Waals surface area contributed by atoms with E-state index in [-0.39, 0.29) is 16.4 Å². The number of hydrogen-bond acceptors (Lipinski definition) is 4. The maximum absolute atomic E-state index is 12.2. The van der Waals surface area contributed by atoms with E-state index in [4.69, 9.17) is 11.6 Å². The summed E-state index contributed by atoms with van der Waals surface area (Å²) >= 11 is 5.80. The van der Waals surface area contributed by atoms with Crippen LogP contribution >= 0.6 is 11.6 Å². The minimum atomic E-state index is -3.75. The van der Waals surface area contributed by atoms with E-state index in [1.165, 1.54) is 6.07 Å². The molecule has 1 aliphatic heterocycles. The first-order valence-electron chi connectivity index (χ1n) is 5.68. The van der Waals surface area contributed by atoms with E-state index in [1.54, 1.807) is 19.1 Å². The van der Waals surface area contributed by atoms with Crippen LogP contribution in [0.4, 0.5) is 0 Å². The van der Waals surface area contributed by atoms with Crippen molar-refractivity contribution in [2.75, 3.05) is 11.5 Å². The van der Waals surface area contributed by atoms with Crippen LogP contribution in [-0.2, 0) is 19.9 Å². The standard InChI is InChI=1S/C11H14ClNO4S2/c1-8-2-3-9(12)6-11(8)19(16,17)13-10-4-5-18(14,15)7-10/h2-3,6,10,13H,4-5,7H2,1H3/t10-/m1/s1. The SMILES string of the molecule is Cc1ccc(Cl)cc1S(=O)(=O)N[C@@H]1CCS(=O)(=O)C1. The summed E-state index contributed by atoms with van der Waals surface area (Å²) in [5, 5.41) is 0.324. The summed E-state index contributed by atoms with van der Waals surface area (Å²) < 4.78 is 49.5. The fourth-order valence-corrected chi connectivity index (χ4v) is 5.59. The molecule has 0 amide bonds. The number of hydrogen-bond donors (Lipinski definition) is 1. The molecular formula is C11H14ClNO4S2. The number of nitrogens with one attached hydrogen (secondary N) is 1. The van der Waals surface area contributed by atoms with Crippen molar-refractivity contribution in [2.45, 2.75) is 24.3 Å². The molecule has 0 aliphatic carbocycles. The van der Waals surface area contributed by atoms with Crippen molar-refractivity contribution in [2.24, 2.45) is 0 Å². The average Bonchev–Trinajstić information content (AvgIpc) is 2.60. The average molecular weight is 324 g/mol. The number of benzene rings is 1. The number of halogens is 1. The van der Waals surface area contributed by atoms with Crippen molar-refractivity contribution in [3.05, 3.63) is 28.8 Å². The van der Waals surface area contributed by atoms with Crippen LogP contribution in [0.15, 0.2) is 23.1 Å². The Morgan fingerprint density at radius 1 is 1.37 bits per heavy atom. The lowest BCUT2D eigenvalue weighted by Gasteiger charge is -2.13. The van der Waals surface area contributed by atoms with E-state index in [2.05, 4.69) is 4.72 Å². The van der Waals surface area contributed by atoms with E-state index >= 15 is 0 Å². The molecule has 106 valence electrons. The van der Waals surface area contributed by atoms with Gasteiger partial charge >= 0.3 is 0 Å². The molecule has 2 rings (SSSR count). The van der Waals surface area contributed by atoms with Crippen LogP contribution in [0.3, 0.4) is 0 Å². The van der Waals surface area contributed by atoms with Crippen LogP contribution in [0.25, 0.3) is 0 Å². The van der Waals surface area contributed by atoms with E-state index in [9.17, 15) is 16.8 Å². The first-order chi connectivity index (χ1) is 8.70. The Bertz CT molecular complexity index is 697. The lowest BCUT2D eigenvalue weighted by Crippen LogP contribution is -2.35. The molecule has 8 heteroatoms. The van der Waals surface area contributed by atoms with E-state index < -0.39 is 25.9 Å². The molecule has 0 unspecified atom stereocenters. The highest BCUT2D eigenvalue weighted by atomic mass is 35.5. The predicted molar refractivity (Wildman–Crippen MR) is 73.6 cm³/mol. The Balaban J connectivity index is 2.26. The zero-order valence-electron chi connectivity index (χ0n) is 10.3. The molecule has 1 atom stereocenters. The minimum absolute atomic E-state index is 0.0225. The van der Waals surface area contributed by atoms with Gasteiger partial charge in [0.1, 0.15) is 0 Å². The van der Waals surface area contributed by atoms with Crippen LogP contribution in [0.1, 0.15) is 12.0 Å². The summed E-state index contributed by atoms with van der Waals surface area (Å²) in [5.41, 5.74) is 0.567. The second kappa shape index (κ2) is 5.05. The maximum atomic E-state index is 12.2. The molecule has 0 aromatic heterocycles. The Hall–Kier alpha value is -0.630. The van der Waals surface area contributed by atoms with Gasteiger partial charge < -0.3 is 0 Å². The van der Waals surface area contributed by atoms with Gasteiger partial charge in [0.05, 0.1) is 16.4 Å². The monoisotopic (exact) mass is 323 g/mol. The van der Waals surface area contributed by atoms with Crippen molar-refractivity contribution < 1.29 is 16.8 Å². The quantitative estimate of drug-likeness (QED) is 0.903. The third kappa shape index (κ3) is 3.47. The topological polar surface area (TPSA) is 80.3 Å². The highest BCUT2D eigenvalue weighted by Gasteiger charge is 2.31. The summed E-state index contributed by atoms with van der Waals surface area (Å²) in [6, 6.07) is 4.02. The van der Waals surface area contributed by atoms with Crippen LogP contribution in [0.5, 0.6) is 0 Å². The van der Waals surface area contributed by atoms with Crippen molar-refractivity contribution in [1.82, 2.24) is 4.72 Å². The van der Waals surface area contributed by atoms with Crippen molar-refractivity contribution >= 4 is 31.5 Å². The molecule has 1 aromatic rings. The molecule has 5 nitrogen and oxygen atoms in total. The van der Waals surface area contributed by atoms with Crippen LogP contribution in [0.2, 0.25) is 5.02 Å². The van der Waals surface area contributed by atoms with E-state index in [1.807, 2.05) is 0 Å². The normalized spacial score (nSPS) is 22.5. The van der Waals surface area contributed by atoms with Crippen LogP contribution in [-0.4, -0.2) is 34.4 Å². The molecule has 0 bridgehead atoms. The van der Waals surface area contributed by atoms with Gasteiger partial charge in [-0.1, -0.05) is 17.7 Å². The smallest absolute Gasteiger partial charge is 0.229 e. The molecule has 1 aliphatic rings. The molecule has 0 saturated carbocycles. The van der Waals surface area contributed by atoms with Gasteiger partial charge in [-0.25, -0.2) is 21.6 Å². The fourth-order valence-electron chi connectivity index (χ4n) is 2.03. The Morgan fingerprint density at radius 2 is 2.05 bits per heavy atom. The molecule has 1 aromatic carbocycles. The fraction of sp³-hybridized carbons (Fsp3) is 0.455. The van der Waals surface area contributed by atoms with Crippen LogP contribution in [0, 0.1) is 6.92 Å². The highest BCUT2D eigenvalue weighted by molar-refractivity contribution is 7.92. The Labute approximate surface area is 117 Å². The third-order valence-electron chi connectivity index (χ3n) is 2.99. The predicted octanol–water partition coefficient (Wildman–Crippen LogP) is 1.11. The number of sulfonamides is 1. The first-order valence-corrected chi connectivity index (χ1v) is 9.37. The molecule has 0 radical (unpaired) electrons. The third-order valence-corrected chi connectivity index (χ3v) is 6.66. The highest BCUT2D eigenvalue weighted by Crippen LogP contribution is 2.21. The van der Waals surface area contributed by atoms with Gasteiger partial charge in [-0.3, -0.25) is 0 Å². The second-order valence-electron chi connectivity index (χ2n) is 4.63. The van der Waals surface area contributed by atoms with Gasteiger partial charge in [0.2, 0.25) is 10.0 Å². The van der Waals surface area contributed by atoms with Gasteiger partial charge in [0.25, 0.3) is 0 Å². The van der Waals surface area contributed by atoms with Gasteiger partial charge in [-0.2, -0.15) is 0 Å². The second-order valence-corrected chi connectivity index (χ2v) is 8.98. The molecular weight excluding hydrogens is 310 g/mol. The van der Waals surface area contributed by atoms with Gasteiger partial charge in [0.15, 0.2) is 9.84 Å². The van der Waals surface area contributed by atoms with Gasteiger partial charge in [0, 0.05) is 11.1 Å². The van der Waals surface area contributed by atoms with Crippen LogP contribution < -0.4 is 4.72 Å². The Kier molecular flexibility index (Phi) is 3.92. The molecule has 0 spiro atoms. The summed E-state index contributed by atoms with van der Waals surface area (Å²) in [6.07, 6.45) is 0.307. The van der Waals surface area contributed by atoms with E-state index in [0.29, 0.717) is 17.0 Å². The maximum Gasteiger partial charge on any atom is 0.241 e. The largest absolute Gasteiger partial charge is 0.241 e. The molecule has 1 fully saturated rings. The lowest BCUT2D eigenvalue weighted by molar-refractivity contribution is 0.562. The summed E-state index contributed by atoms with van der Waals surface area (Å²) in [4.78, 5) is 0.0873. The minimum Gasteiger partial charge on any atom is -0.229 e. The lowest BCUT2D eigenvalue weighted by atomic mass is 10.2. The summed E-state index contributed by atoms with van der Waals surface area (Å²) in [6.45, 7) is 1.66. The van der Waals surface area contributed by atoms with Crippen molar-refractivity contribution in [1.29, 1.82) is 0 Å². The summed E-state index contributed by atoms with van der Waals surface area (Å²) in [5.74, 6) is -0.124. The number of aryl methyl sites for hydroxylation is 1. The molecule has 19 heavy (non-hydrogen) atoms. The van der Waals surface area contributed by atoms with Crippen molar-refractivity contribution in [3.63, 3.8) is 0 Å². The Morgan fingerprint density at radius 3 is 2.63 bits per heavy atom. The zero-order valence-corrected chi connectivity index (χ0v) is 12.6. The van der Waals surface area contributed by atoms with Gasteiger partial charge in [-0.15, -0.1) is 0 Å². The number of sulfone groups is 1. The molecule has 1 saturated heterocycles. The summed E-state index contributed by atoms with van der Waals surface area (Å²) in [7, 11) is -6.87. The van der Waals surface area contributed by atoms with Gasteiger partial charge in [-0.05, 0) is 31.0 Å². The molecule has 1 heterocycles. The zero-order chi connectivity index (χ0) is 14.3. The first kappa shape index (κ1) is 14.8. The molecule has 1 N–H and O–H groups in total. The van der Waals surface area contributed by atoms with E-state index in [0.717, 1.165) is 0 Å². The van der Waals surface area contributed by atoms with Crippen molar-refractivity contribution in [3.8, 4) is 0 Å².